The van der Waals surface area contributed by atoms with E-state index < -0.39 is 0 Å². The number of anilines is 1. The molecule has 3 heterocycles. The second kappa shape index (κ2) is 6.85. The highest BCUT2D eigenvalue weighted by Crippen LogP contribution is 2.30. The zero-order valence-corrected chi connectivity index (χ0v) is 16.7. The molecule has 1 saturated heterocycles. The molecule has 0 spiro atoms. The van der Waals surface area contributed by atoms with Crippen LogP contribution in [-0.4, -0.2) is 60.7 Å². The van der Waals surface area contributed by atoms with E-state index in [0.717, 1.165) is 43.1 Å². The van der Waals surface area contributed by atoms with E-state index in [2.05, 4.69) is 35.8 Å². The summed E-state index contributed by atoms with van der Waals surface area (Å²) in [5.74, 6) is 13.9. The lowest BCUT2D eigenvalue weighted by atomic mass is 9.96. The summed E-state index contributed by atoms with van der Waals surface area (Å²) in [7, 11) is 0. The van der Waals surface area contributed by atoms with Gasteiger partial charge in [-0.05, 0) is 19.3 Å². The fraction of sp³-hybridized carbons (Fsp3) is 0.667. The Kier molecular flexibility index (Phi) is 4.62. The van der Waals surface area contributed by atoms with Crippen molar-refractivity contribution in [1.82, 2.24) is 24.5 Å². The molecule has 28 heavy (non-hydrogen) atoms. The van der Waals surface area contributed by atoms with Crippen molar-refractivity contribution in [2.75, 3.05) is 18.0 Å². The number of rotatable bonds is 4. The molecule has 10 nitrogen and oxygen atoms in total. The number of hydrazone groups is 1. The molecule has 0 amide bonds. The van der Waals surface area contributed by atoms with Gasteiger partial charge in [-0.3, -0.25) is 5.01 Å². The minimum absolute atomic E-state index is 0.227. The van der Waals surface area contributed by atoms with Gasteiger partial charge in [0.2, 0.25) is 0 Å². The summed E-state index contributed by atoms with van der Waals surface area (Å²) in [5, 5.41) is 15.5. The predicted molar refractivity (Wildman–Crippen MR) is 108 cm³/mol. The van der Waals surface area contributed by atoms with E-state index in [0.29, 0.717) is 30.5 Å². The molecule has 2 fully saturated rings. The number of β-amino-alcohol motifs (C(OH)–C–C–N with tert-alkyl or cyclic N) is 1. The summed E-state index contributed by atoms with van der Waals surface area (Å²) in [6.45, 7) is 7.94. The van der Waals surface area contributed by atoms with E-state index >= 15 is 0 Å². The minimum Gasteiger partial charge on any atom is -0.391 e. The number of aliphatic hydroxyl groups is 1. The molecule has 1 saturated carbocycles. The Hall–Kier alpha value is -2.46. The SMILES string of the molecule is CC(C)(C)c1nc(N2CCC(O)C2)c2ncn(C/C(=N/N)N(N)C3CC3)c2n1. The molecule has 2 aliphatic rings. The van der Waals surface area contributed by atoms with E-state index in [1.807, 2.05) is 4.57 Å². The summed E-state index contributed by atoms with van der Waals surface area (Å²) in [6, 6.07) is 0.304. The summed E-state index contributed by atoms with van der Waals surface area (Å²) >= 11 is 0. The average Bonchev–Trinajstić information content (AvgIpc) is 3.29. The molecule has 0 aromatic carbocycles. The molecule has 2 aromatic rings. The van der Waals surface area contributed by atoms with Gasteiger partial charge in [0.1, 0.15) is 5.82 Å². The van der Waals surface area contributed by atoms with Crippen LogP contribution in [0.25, 0.3) is 11.2 Å². The number of amidine groups is 1. The number of hydrogen-bond donors (Lipinski definition) is 3. The second-order valence-corrected chi connectivity index (χ2v) is 8.74. The monoisotopic (exact) mass is 387 g/mol. The number of hydrazine groups is 1. The number of fused-ring (bicyclic) bond motifs is 1. The third-order valence-corrected chi connectivity index (χ3v) is 5.28. The highest BCUT2D eigenvalue weighted by atomic mass is 16.3. The second-order valence-electron chi connectivity index (χ2n) is 8.74. The normalized spacial score (nSPS) is 21.0. The molecule has 0 radical (unpaired) electrons. The van der Waals surface area contributed by atoms with Crippen molar-refractivity contribution in [3.05, 3.63) is 12.2 Å². The quantitative estimate of drug-likeness (QED) is 0.295. The van der Waals surface area contributed by atoms with Crippen LogP contribution in [0.4, 0.5) is 5.82 Å². The smallest absolute Gasteiger partial charge is 0.166 e. The summed E-state index contributed by atoms with van der Waals surface area (Å²) in [5.41, 5.74) is 1.21. The third-order valence-electron chi connectivity index (χ3n) is 5.28. The van der Waals surface area contributed by atoms with Crippen LogP contribution in [0.15, 0.2) is 11.4 Å². The molecule has 1 aliphatic heterocycles. The Bertz CT molecular complexity index is 896. The van der Waals surface area contributed by atoms with Crippen LogP contribution in [0, 0.1) is 0 Å². The first-order chi connectivity index (χ1) is 13.3. The van der Waals surface area contributed by atoms with Gasteiger partial charge < -0.3 is 20.4 Å². The van der Waals surface area contributed by atoms with Crippen molar-refractivity contribution in [3.8, 4) is 0 Å². The fourth-order valence-electron chi connectivity index (χ4n) is 3.44. The Balaban J connectivity index is 1.76. The summed E-state index contributed by atoms with van der Waals surface area (Å²) < 4.78 is 1.91. The third kappa shape index (κ3) is 3.49. The molecule has 1 aliphatic carbocycles. The number of hydrogen-bond acceptors (Lipinski definition) is 8. The lowest BCUT2D eigenvalue weighted by Gasteiger charge is -2.23. The molecular weight excluding hydrogens is 358 g/mol. The van der Waals surface area contributed by atoms with E-state index in [1.54, 1.807) is 11.3 Å². The first-order valence-electron chi connectivity index (χ1n) is 9.75. The van der Waals surface area contributed by atoms with Crippen molar-refractivity contribution >= 4 is 22.8 Å². The molecule has 10 heteroatoms. The summed E-state index contributed by atoms with van der Waals surface area (Å²) in [6.07, 6.45) is 4.22. The Morgan fingerprint density at radius 3 is 2.64 bits per heavy atom. The highest BCUT2D eigenvalue weighted by Gasteiger charge is 2.31. The van der Waals surface area contributed by atoms with Crippen LogP contribution in [0.3, 0.4) is 0 Å². The van der Waals surface area contributed by atoms with Crippen molar-refractivity contribution < 1.29 is 5.11 Å². The Morgan fingerprint density at radius 1 is 1.32 bits per heavy atom. The Morgan fingerprint density at radius 2 is 2.07 bits per heavy atom. The standard InChI is InChI=1S/C18H29N9O/c1-18(2,3)17-22-15(25-7-6-12(28)8-25)14-16(23-17)26(10-21-14)9-13(24-19)27(20)11-4-5-11/h10-12,28H,4-9,19-20H2,1-3H3/b24-13-. The Labute approximate surface area is 164 Å². The van der Waals surface area contributed by atoms with Crippen molar-refractivity contribution in [3.63, 3.8) is 0 Å². The van der Waals surface area contributed by atoms with E-state index in [1.165, 1.54) is 0 Å². The molecule has 1 unspecified atom stereocenters. The van der Waals surface area contributed by atoms with Gasteiger partial charge in [0, 0.05) is 24.5 Å². The molecule has 1 atom stereocenters. The maximum Gasteiger partial charge on any atom is 0.166 e. The topological polar surface area (TPSA) is 135 Å². The number of aliphatic hydroxyl groups excluding tert-OH is 1. The number of aromatic nitrogens is 4. The number of imidazole rings is 1. The van der Waals surface area contributed by atoms with Gasteiger partial charge in [0.05, 0.1) is 19.0 Å². The molecule has 152 valence electrons. The fourth-order valence-corrected chi connectivity index (χ4v) is 3.44. The van der Waals surface area contributed by atoms with Gasteiger partial charge in [0.25, 0.3) is 0 Å². The average molecular weight is 387 g/mol. The zero-order chi connectivity index (χ0) is 20.1. The minimum atomic E-state index is -0.342. The molecule has 5 N–H and O–H groups in total. The molecule has 0 bridgehead atoms. The van der Waals surface area contributed by atoms with Crippen molar-refractivity contribution in [1.29, 1.82) is 0 Å². The van der Waals surface area contributed by atoms with Crippen LogP contribution >= 0.6 is 0 Å². The van der Waals surface area contributed by atoms with Gasteiger partial charge in [-0.25, -0.2) is 20.8 Å². The van der Waals surface area contributed by atoms with Gasteiger partial charge >= 0.3 is 0 Å². The zero-order valence-electron chi connectivity index (χ0n) is 16.7. The molecular formula is C18H29N9O. The predicted octanol–water partition coefficient (Wildman–Crippen LogP) is 0.305. The van der Waals surface area contributed by atoms with Gasteiger partial charge in [-0.2, -0.15) is 5.10 Å². The largest absolute Gasteiger partial charge is 0.391 e. The molecule has 2 aromatic heterocycles. The lowest BCUT2D eigenvalue weighted by Crippen LogP contribution is -2.42. The van der Waals surface area contributed by atoms with E-state index in [-0.39, 0.29) is 11.5 Å². The van der Waals surface area contributed by atoms with Gasteiger partial charge in [-0.15, -0.1) is 0 Å². The van der Waals surface area contributed by atoms with Crippen LogP contribution in [-0.2, 0) is 12.0 Å². The van der Waals surface area contributed by atoms with Crippen LogP contribution in [0.5, 0.6) is 0 Å². The highest BCUT2D eigenvalue weighted by molar-refractivity contribution is 5.87. The van der Waals surface area contributed by atoms with Crippen molar-refractivity contribution in [2.45, 2.75) is 64.1 Å². The van der Waals surface area contributed by atoms with E-state index in [9.17, 15) is 5.11 Å². The lowest BCUT2D eigenvalue weighted by molar-refractivity contribution is 0.198. The van der Waals surface area contributed by atoms with Gasteiger partial charge in [-0.1, -0.05) is 20.8 Å². The van der Waals surface area contributed by atoms with Crippen LogP contribution in [0.1, 0.15) is 45.9 Å². The van der Waals surface area contributed by atoms with Crippen LogP contribution < -0.4 is 16.6 Å². The maximum atomic E-state index is 9.98. The maximum absolute atomic E-state index is 9.98. The van der Waals surface area contributed by atoms with Crippen molar-refractivity contribution in [2.24, 2.45) is 16.8 Å². The first kappa shape index (κ1) is 18.9. The number of nitrogens with two attached hydrogens (primary N) is 2. The van der Waals surface area contributed by atoms with Gasteiger partial charge in [0.15, 0.2) is 22.8 Å². The van der Waals surface area contributed by atoms with Crippen LogP contribution in [0.2, 0.25) is 0 Å². The number of nitrogens with zero attached hydrogens (tertiary/aromatic N) is 7. The molecule has 4 rings (SSSR count). The first-order valence-corrected chi connectivity index (χ1v) is 9.75. The van der Waals surface area contributed by atoms with E-state index in [4.69, 9.17) is 21.7 Å². The summed E-state index contributed by atoms with van der Waals surface area (Å²) in [4.78, 5) is 16.3.